The average Bonchev–Trinajstić information content (AvgIpc) is 2.99. The van der Waals surface area contributed by atoms with Crippen LogP contribution in [0.2, 0.25) is 0 Å². The Bertz CT molecular complexity index is 2260. The molecule has 0 unspecified atom stereocenters. The van der Waals surface area contributed by atoms with E-state index in [9.17, 15) is 41.1 Å². The molecule has 4 N–H and O–H groups in total. The number of sulfonamides is 1. The molecule has 45 heavy (non-hydrogen) atoms. The van der Waals surface area contributed by atoms with Gasteiger partial charge in [-0.3, -0.25) is 19.4 Å². The molecular formula is C29H22N4O10S2. The van der Waals surface area contributed by atoms with Crippen molar-refractivity contribution in [1.29, 1.82) is 0 Å². The minimum Gasteiger partial charge on any atom is -0.465 e. The first-order valence-electron chi connectivity index (χ1n) is 12.8. The number of carbonyl (C=O) groups excluding carboxylic acids is 2. The number of hydrogen-bond acceptors (Lipinski definition) is 9. The lowest BCUT2D eigenvalue weighted by Gasteiger charge is -2.12. The number of rotatable bonds is 8. The van der Waals surface area contributed by atoms with Crippen LogP contribution < -0.4 is 15.4 Å². The van der Waals surface area contributed by atoms with Gasteiger partial charge in [-0.25, -0.2) is 18.0 Å². The fourth-order valence-electron chi connectivity index (χ4n) is 4.47. The smallest absolute Gasteiger partial charge is 0.344 e. The lowest BCUT2D eigenvalue weighted by molar-refractivity contribution is -0.385. The van der Waals surface area contributed by atoms with Crippen LogP contribution in [0.4, 0.5) is 27.5 Å². The first-order valence-corrected chi connectivity index (χ1v) is 15.7. The topological polar surface area (TPSA) is 211 Å². The third kappa shape index (κ3) is 6.82. The molecule has 0 saturated heterocycles. The van der Waals surface area contributed by atoms with E-state index in [1.54, 1.807) is 36.4 Å². The van der Waals surface area contributed by atoms with Gasteiger partial charge in [-0.1, -0.05) is 24.3 Å². The van der Waals surface area contributed by atoms with Gasteiger partial charge in [0, 0.05) is 17.4 Å². The molecule has 0 radical (unpaired) electrons. The van der Waals surface area contributed by atoms with Gasteiger partial charge in [0.25, 0.3) is 25.8 Å². The summed E-state index contributed by atoms with van der Waals surface area (Å²) in [4.78, 5) is 34.8. The molecule has 0 saturated carbocycles. The summed E-state index contributed by atoms with van der Waals surface area (Å²) in [5.74, 6) is -1.01. The molecule has 2 amide bonds. The monoisotopic (exact) mass is 650 g/mol. The zero-order valence-corrected chi connectivity index (χ0v) is 24.7. The van der Waals surface area contributed by atoms with E-state index < -0.39 is 48.3 Å². The first-order chi connectivity index (χ1) is 21.2. The van der Waals surface area contributed by atoms with E-state index in [2.05, 4.69) is 20.1 Å². The van der Waals surface area contributed by atoms with Gasteiger partial charge in [0.15, 0.2) is 0 Å². The summed E-state index contributed by atoms with van der Waals surface area (Å²) in [6.07, 6.45) is 0. The molecule has 5 aromatic carbocycles. The molecule has 0 aliphatic heterocycles. The van der Waals surface area contributed by atoms with Crippen molar-refractivity contribution in [3.63, 3.8) is 0 Å². The van der Waals surface area contributed by atoms with Gasteiger partial charge in [0.1, 0.15) is 5.56 Å². The van der Waals surface area contributed by atoms with Gasteiger partial charge < -0.3 is 15.4 Å². The molecule has 0 bridgehead atoms. The van der Waals surface area contributed by atoms with Crippen LogP contribution in [0.15, 0.2) is 101 Å². The number of amides is 2. The van der Waals surface area contributed by atoms with E-state index in [0.717, 1.165) is 25.3 Å². The maximum absolute atomic E-state index is 13.2. The molecule has 0 fully saturated rings. The highest BCUT2D eigenvalue weighted by Crippen LogP contribution is 2.28. The van der Waals surface area contributed by atoms with Gasteiger partial charge in [0.05, 0.1) is 27.5 Å². The van der Waals surface area contributed by atoms with Crippen molar-refractivity contribution >= 4 is 76.4 Å². The number of nitro benzene ring substituents is 1. The number of ether oxygens (including phenoxy) is 1. The molecule has 16 heteroatoms. The Morgan fingerprint density at radius 3 is 1.76 bits per heavy atom. The van der Waals surface area contributed by atoms with E-state index in [0.29, 0.717) is 32.9 Å². The van der Waals surface area contributed by atoms with Crippen molar-refractivity contribution in [2.24, 2.45) is 0 Å². The van der Waals surface area contributed by atoms with Crippen LogP contribution in [0, 0.1) is 10.1 Å². The van der Waals surface area contributed by atoms with Crippen LogP contribution in [-0.4, -0.2) is 45.4 Å². The first kappa shape index (κ1) is 30.9. The number of benzene rings is 5. The maximum atomic E-state index is 13.2. The predicted octanol–water partition coefficient (Wildman–Crippen LogP) is 5.38. The minimum atomic E-state index is -4.41. The van der Waals surface area contributed by atoms with Gasteiger partial charge in [-0.05, 0) is 82.2 Å². The zero-order chi connectivity index (χ0) is 32.5. The predicted molar refractivity (Wildman–Crippen MR) is 166 cm³/mol. The number of esters is 1. The Morgan fingerprint density at radius 1 is 0.711 bits per heavy atom. The third-order valence-electron chi connectivity index (χ3n) is 6.60. The van der Waals surface area contributed by atoms with Crippen LogP contribution in [0.5, 0.6) is 0 Å². The molecule has 5 rings (SSSR count). The highest BCUT2D eigenvalue weighted by Gasteiger charge is 2.23. The Labute approximate surface area is 255 Å². The molecule has 0 atom stereocenters. The highest BCUT2D eigenvalue weighted by molar-refractivity contribution is 7.92. The molecule has 0 aliphatic rings. The number of hydrogen-bond donors (Lipinski definition) is 4. The van der Waals surface area contributed by atoms with Crippen LogP contribution in [-0.2, 0) is 24.9 Å². The van der Waals surface area contributed by atoms with E-state index in [4.69, 9.17) is 0 Å². The summed E-state index contributed by atoms with van der Waals surface area (Å²) in [5, 5.41) is 18.8. The molecule has 5 aromatic rings. The molecule has 0 aliphatic carbocycles. The summed E-state index contributed by atoms with van der Waals surface area (Å²) < 4.78 is 65.4. The molecule has 0 aromatic heterocycles. The Kier molecular flexibility index (Phi) is 8.12. The fraction of sp³-hybridized carbons (Fsp3) is 0.0345. The molecule has 230 valence electrons. The lowest BCUT2D eigenvalue weighted by Crippen LogP contribution is -2.19. The normalized spacial score (nSPS) is 11.6. The van der Waals surface area contributed by atoms with Crippen molar-refractivity contribution in [3.05, 3.63) is 107 Å². The Hall–Kier alpha value is -5.58. The second-order valence-corrected chi connectivity index (χ2v) is 12.7. The number of nitrogens with one attached hydrogen (secondary N) is 3. The van der Waals surface area contributed by atoms with Crippen LogP contribution in [0.1, 0.15) is 10.4 Å². The standard InChI is InChI=1S/C29H22N4O10S2/c1-43-28(34)26-16-23(8-11-27(26)33(36)37)32-44(38,39)24-9-4-17-2-6-21(12-19(17)14-24)30-29(35)31-22-7-3-18-5-10-25(45(40,41)42)15-20(18)13-22/h2-16,32H,1H3,(H2,30,31,35)(H,40,41,42). The number of carbonyl (C=O) groups is 2. The fourth-order valence-corrected chi connectivity index (χ4v) is 6.07. The number of anilines is 3. The number of nitrogens with zero attached hydrogens (tertiary/aromatic N) is 1. The number of nitro groups is 1. The quantitative estimate of drug-likeness (QED) is 0.0729. The molecule has 14 nitrogen and oxygen atoms in total. The molecule has 0 spiro atoms. The molecular weight excluding hydrogens is 628 g/mol. The van der Waals surface area contributed by atoms with Crippen molar-refractivity contribution in [1.82, 2.24) is 0 Å². The molecule has 0 heterocycles. The zero-order valence-electron chi connectivity index (χ0n) is 23.0. The van der Waals surface area contributed by atoms with Gasteiger partial charge in [-0.15, -0.1) is 0 Å². The second kappa shape index (κ2) is 11.8. The maximum Gasteiger partial charge on any atom is 0.344 e. The van der Waals surface area contributed by atoms with Gasteiger partial charge in [-0.2, -0.15) is 8.42 Å². The Balaban J connectivity index is 1.35. The second-order valence-electron chi connectivity index (χ2n) is 9.59. The van der Waals surface area contributed by atoms with E-state index in [-0.39, 0.29) is 15.5 Å². The van der Waals surface area contributed by atoms with Crippen molar-refractivity contribution in [2.45, 2.75) is 9.79 Å². The number of fused-ring (bicyclic) bond motifs is 2. The third-order valence-corrected chi connectivity index (χ3v) is 8.83. The summed E-state index contributed by atoms with van der Waals surface area (Å²) in [6.45, 7) is 0. The van der Waals surface area contributed by atoms with Crippen LogP contribution in [0.25, 0.3) is 21.5 Å². The summed E-state index contributed by atoms with van der Waals surface area (Å²) in [6, 6.07) is 20.5. The van der Waals surface area contributed by atoms with Gasteiger partial charge in [0.2, 0.25) is 0 Å². The van der Waals surface area contributed by atoms with E-state index in [1.165, 1.54) is 36.4 Å². The SMILES string of the molecule is COC(=O)c1cc(NS(=O)(=O)c2ccc3ccc(NC(=O)Nc4ccc5ccc(S(=O)(=O)O)cc5c4)cc3c2)ccc1[N+](=O)[O-]. The van der Waals surface area contributed by atoms with Crippen LogP contribution >= 0.6 is 0 Å². The summed E-state index contributed by atoms with van der Waals surface area (Å²) in [7, 11) is -7.59. The lowest BCUT2D eigenvalue weighted by atomic mass is 10.1. The number of urea groups is 1. The van der Waals surface area contributed by atoms with E-state index in [1.807, 2.05) is 0 Å². The minimum absolute atomic E-state index is 0.101. The van der Waals surface area contributed by atoms with Crippen molar-refractivity contribution < 1.29 is 40.6 Å². The van der Waals surface area contributed by atoms with Gasteiger partial charge >= 0.3 is 12.0 Å². The summed E-state index contributed by atoms with van der Waals surface area (Å²) in [5.41, 5.74) is -0.409. The largest absolute Gasteiger partial charge is 0.465 e. The highest BCUT2D eigenvalue weighted by atomic mass is 32.2. The van der Waals surface area contributed by atoms with E-state index >= 15 is 0 Å². The van der Waals surface area contributed by atoms with Crippen molar-refractivity contribution in [3.8, 4) is 0 Å². The van der Waals surface area contributed by atoms with Crippen molar-refractivity contribution in [2.75, 3.05) is 22.5 Å². The summed E-state index contributed by atoms with van der Waals surface area (Å²) >= 11 is 0. The Morgan fingerprint density at radius 2 is 1.22 bits per heavy atom. The number of methoxy groups -OCH3 is 1. The average molecular weight is 651 g/mol. The van der Waals surface area contributed by atoms with Crippen LogP contribution in [0.3, 0.4) is 0 Å².